The topological polar surface area (TPSA) is 51.8 Å². The molecule has 0 spiro atoms. The highest BCUT2D eigenvalue weighted by molar-refractivity contribution is 7.98. The SMILES string of the molecule is Nc1nccnc1SCc1ccc(F)c(Cl)c1. The van der Waals surface area contributed by atoms with Crippen molar-refractivity contribution in [1.82, 2.24) is 9.97 Å². The third kappa shape index (κ3) is 3.08. The Morgan fingerprint density at radius 2 is 2.06 bits per heavy atom. The van der Waals surface area contributed by atoms with Crippen molar-refractivity contribution in [2.45, 2.75) is 10.8 Å². The third-order valence-corrected chi connectivity index (χ3v) is 3.41. The predicted molar refractivity (Wildman–Crippen MR) is 67.4 cm³/mol. The van der Waals surface area contributed by atoms with Crippen LogP contribution >= 0.6 is 23.4 Å². The second-order valence-electron chi connectivity index (χ2n) is 3.28. The lowest BCUT2D eigenvalue weighted by molar-refractivity contribution is 0.628. The van der Waals surface area contributed by atoms with Gasteiger partial charge in [0.1, 0.15) is 10.8 Å². The van der Waals surface area contributed by atoms with Gasteiger partial charge in [-0.25, -0.2) is 14.4 Å². The summed E-state index contributed by atoms with van der Waals surface area (Å²) in [4.78, 5) is 8.03. The number of nitrogen functional groups attached to an aromatic ring is 1. The van der Waals surface area contributed by atoms with Crippen LogP contribution in [0.5, 0.6) is 0 Å². The molecule has 0 amide bonds. The maximum atomic E-state index is 12.9. The Morgan fingerprint density at radius 3 is 2.76 bits per heavy atom. The number of hydrogen-bond donors (Lipinski definition) is 1. The van der Waals surface area contributed by atoms with Gasteiger partial charge >= 0.3 is 0 Å². The van der Waals surface area contributed by atoms with Gasteiger partial charge in [0.2, 0.25) is 0 Å². The summed E-state index contributed by atoms with van der Waals surface area (Å²) in [5.74, 6) is 0.591. The zero-order valence-corrected chi connectivity index (χ0v) is 10.3. The second-order valence-corrected chi connectivity index (χ2v) is 4.66. The summed E-state index contributed by atoms with van der Waals surface area (Å²) in [5.41, 5.74) is 6.57. The molecule has 2 N–H and O–H groups in total. The molecule has 0 saturated carbocycles. The van der Waals surface area contributed by atoms with Crippen molar-refractivity contribution in [3.8, 4) is 0 Å². The number of hydrogen-bond acceptors (Lipinski definition) is 4. The van der Waals surface area contributed by atoms with Crippen molar-refractivity contribution < 1.29 is 4.39 Å². The summed E-state index contributed by atoms with van der Waals surface area (Å²) in [6.45, 7) is 0. The van der Waals surface area contributed by atoms with Crippen molar-refractivity contribution in [3.63, 3.8) is 0 Å². The van der Waals surface area contributed by atoms with Crippen LogP contribution < -0.4 is 5.73 Å². The van der Waals surface area contributed by atoms with Crippen molar-refractivity contribution in [2.75, 3.05) is 5.73 Å². The zero-order valence-electron chi connectivity index (χ0n) is 8.73. The van der Waals surface area contributed by atoms with E-state index in [4.69, 9.17) is 17.3 Å². The normalized spacial score (nSPS) is 10.5. The fourth-order valence-electron chi connectivity index (χ4n) is 1.23. The van der Waals surface area contributed by atoms with Crippen molar-refractivity contribution in [3.05, 3.63) is 47.0 Å². The summed E-state index contributed by atoms with van der Waals surface area (Å²) in [7, 11) is 0. The number of aromatic nitrogens is 2. The van der Waals surface area contributed by atoms with Crippen LogP contribution in [0.25, 0.3) is 0 Å². The van der Waals surface area contributed by atoms with E-state index in [-0.39, 0.29) is 5.02 Å². The minimum Gasteiger partial charge on any atom is -0.381 e. The average Bonchev–Trinajstić information content (AvgIpc) is 2.32. The van der Waals surface area contributed by atoms with Crippen LogP contribution in [0, 0.1) is 5.82 Å². The predicted octanol–water partition coefficient (Wildman–Crippen LogP) is 3.14. The number of rotatable bonds is 3. The molecular formula is C11H9ClFN3S. The smallest absolute Gasteiger partial charge is 0.156 e. The first-order chi connectivity index (χ1) is 8.16. The van der Waals surface area contributed by atoms with E-state index in [9.17, 15) is 4.39 Å². The highest BCUT2D eigenvalue weighted by Crippen LogP contribution is 2.26. The van der Waals surface area contributed by atoms with E-state index in [0.717, 1.165) is 5.56 Å². The summed E-state index contributed by atoms with van der Waals surface area (Å²) in [6.07, 6.45) is 3.12. The maximum absolute atomic E-state index is 12.9. The molecule has 0 aliphatic carbocycles. The van der Waals surface area contributed by atoms with Gasteiger partial charge in [-0.1, -0.05) is 29.4 Å². The Morgan fingerprint density at radius 1 is 1.29 bits per heavy atom. The molecule has 17 heavy (non-hydrogen) atoms. The van der Waals surface area contributed by atoms with Crippen LogP contribution in [-0.2, 0) is 5.75 Å². The fourth-order valence-corrected chi connectivity index (χ4v) is 2.25. The molecule has 0 aliphatic heterocycles. The van der Waals surface area contributed by atoms with Crippen LogP contribution in [0.4, 0.5) is 10.2 Å². The first kappa shape index (κ1) is 12.1. The first-order valence-electron chi connectivity index (χ1n) is 4.80. The van der Waals surface area contributed by atoms with E-state index in [1.807, 2.05) is 0 Å². The van der Waals surface area contributed by atoms with E-state index in [1.54, 1.807) is 18.3 Å². The molecule has 0 fully saturated rings. The van der Waals surface area contributed by atoms with Crippen molar-refractivity contribution in [1.29, 1.82) is 0 Å². The summed E-state index contributed by atoms with van der Waals surface area (Å²) >= 11 is 7.12. The Hall–Kier alpha value is -1.33. The Balaban J connectivity index is 2.08. The van der Waals surface area contributed by atoms with Gasteiger partial charge in [-0.05, 0) is 17.7 Å². The van der Waals surface area contributed by atoms with E-state index >= 15 is 0 Å². The minimum absolute atomic E-state index is 0.121. The third-order valence-electron chi connectivity index (χ3n) is 2.05. The van der Waals surface area contributed by atoms with Crippen molar-refractivity contribution >= 4 is 29.2 Å². The standard InChI is InChI=1S/C11H9ClFN3S/c12-8-5-7(1-2-9(8)13)6-17-11-10(14)15-3-4-16-11/h1-5H,6H2,(H2,14,15). The number of thioether (sulfide) groups is 1. The fraction of sp³-hybridized carbons (Fsp3) is 0.0909. The quantitative estimate of drug-likeness (QED) is 0.870. The Labute approximate surface area is 107 Å². The lowest BCUT2D eigenvalue weighted by atomic mass is 10.2. The minimum atomic E-state index is -0.417. The van der Waals surface area contributed by atoms with Gasteiger partial charge in [0.15, 0.2) is 5.82 Å². The van der Waals surface area contributed by atoms with E-state index in [0.29, 0.717) is 16.6 Å². The molecule has 2 rings (SSSR count). The van der Waals surface area contributed by atoms with E-state index in [2.05, 4.69) is 9.97 Å². The van der Waals surface area contributed by atoms with Gasteiger partial charge in [0.05, 0.1) is 5.02 Å². The van der Waals surface area contributed by atoms with Gasteiger partial charge < -0.3 is 5.73 Å². The van der Waals surface area contributed by atoms with Crippen LogP contribution in [-0.4, -0.2) is 9.97 Å². The van der Waals surface area contributed by atoms with Crippen LogP contribution in [0.1, 0.15) is 5.56 Å². The van der Waals surface area contributed by atoms with Crippen LogP contribution in [0.2, 0.25) is 5.02 Å². The van der Waals surface area contributed by atoms with E-state index in [1.165, 1.54) is 24.0 Å². The Kier molecular flexibility index (Phi) is 3.81. The summed E-state index contributed by atoms with van der Waals surface area (Å²) < 4.78 is 12.9. The highest BCUT2D eigenvalue weighted by Gasteiger charge is 2.04. The lowest BCUT2D eigenvalue weighted by Gasteiger charge is -2.04. The van der Waals surface area contributed by atoms with Gasteiger partial charge in [0, 0.05) is 18.1 Å². The number of halogens is 2. The number of benzene rings is 1. The molecule has 0 bridgehead atoms. The van der Waals surface area contributed by atoms with Gasteiger partial charge in [0.25, 0.3) is 0 Å². The Bertz CT molecular complexity index is 536. The number of anilines is 1. The summed E-state index contributed by atoms with van der Waals surface area (Å²) in [6, 6.07) is 4.62. The molecule has 6 heteroatoms. The molecule has 0 atom stereocenters. The van der Waals surface area contributed by atoms with E-state index < -0.39 is 5.82 Å². The number of nitrogens with two attached hydrogens (primary N) is 1. The highest BCUT2D eigenvalue weighted by atomic mass is 35.5. The number of nitrogens with zero attached hydrogens (tertiary/aromatic N) is 2. The zero-order chi connectivity index (χ0) is 12.3. The molecule has 0 radical (unpaired) electrons. The molecule has 3 nitrogen and oxygen atoms in total. The molecule has 88 valence electrons. The average molecular weight is 270 g/mol. The maximum Gasteiger partial charge on any atom is 0.156 e. The lowest BCUT2D eigenvalue weighted by Crippen LogP contribution is -1.95. The molecule has 1 aromatic heterocycles. The second kappa shape index (κ2) is 5.33. The van der Waals surface area contributed by atoms with Crippen LogP contribution in [0.3, 0.4) is 0 Å². The van der Waals surface area contributed by atoms with Gasteiger partial charge in [-0.15, -0.1) is 0 Å². The molecular weight excluding hydrogens is 261 g/mol. The molecule has 0 aliphatic rings. The van der Waals surface area contributed by atoms with Crippen molar-refractivity contribution in [2.24, 2.45) is 0 Å². The molecule has 2 aromatic rings. The molecule has 1 heterocycles. The van der Waals surface area contributed by atoms with Crippen LogP contribution in [0.15, 0.2) is 35.6 Å². The monoisotopic (exact) mass is 269 g/mol. The molecule has 1 aromatic carbocycles. The largest absolute Gasteiger partial charge is 0.381 e. The van der Waals surface area contributed by atoms with Gasteiger partial charge in [-0.2, -0.15) is 0 Å². The molecule has 0 saturated heterocycles. The first-order valence-corrected chi connectivity index (χ1v) is 6.16. The molecule has 0 unspecified atom stereocenters. The van der Waals surface area contributed by atoms with Gasteiger partial charge in [-0.3, -0.25) is 0 Å². The summed E-state index contributed by atoms with van der Waals surface area (Å²) in [5, 5.41) is 0.781.